The van der Waals surface area contributed by atoms with Gasteiger partial charge in [0.05, 0.1) is 5.92 Å². The lowest BCUT2D eigenvalue weighted by Gasteiger charge is -2.34. The molecule has 1 aromatic rings. The van der Waals surface area contributed by atoms with Crippen LogP contribution < -0.4 is 10.1 Å². The first kappa shape index (κ1) is 21.5. The average Bonchev–Trinajstić information content (AvgIpc) is 3.42. The number of carbonyl (C=O) groups excluding carboxylic acids is 2. The van der Waals surface area contributed by atoms with Gasteiger partial charge in [-0.25, -0.2) is 0 Å². The summed E-state index contributed by atoms with van der Waals surface area (Å²) in [4.78, 5) is 26.2. The van der Waals surface area contributed by atoms with Crippen molar-refractivity contribution in [1.82, 2.24) is 10.2 Å². The van der Waals surface area contributed by atoms with E-state index in [0.29, 0.717) is 32.5 Å². The van der Waals surface area contributed by atoms with Crippen LogP contribution in [0.5, 0.6) is 5.75 Å². The molecule has 0 bridgehead atoms. The Bertz CT molecular complexity index is 768. The summed E-state index contributed by atoms with van der Waals surface area (Å²) in [6, 6.07) is 6.21. The summed E-state index contributed by atoms with van der Waals surface area (Å²) in [7, 11) is 0. The molecule has 3 unspecified atom stereocenters. The van der Waals surface area contributed by atoms with Crippen molar-refractivity contribution in [2.24, 2.45) is 11.8 Å². The predicted molar refractivity (Wildman–Crippen MR) is 101 cm³/mol. The minimum Gasteiger partial charge on any atom is -0.406 e. The number of alkyl halides is 3. The lowest BCUT2D eigenvalue weighted by molar-refractivity contribution is -0.274. The summed E-state index contributed by atoms with van der Waals surface area (Å²) in [6.45, 7) is 5.20. The largest absolute Gasteiger partial charge is 0.573 e. The monoisotopic (exact) mass is 412 g/mol. The van der Waals surface area contributed by atoms with Gasteiger partial charge in [-0.1, -0.05) is 26.0 Å². The number of carbonyl (C=O) groups is 2. The molecular weight excluding hydrogens is 385 g/mol. The third-order valence-electron chi connectivity index (χ3n) is 6.16. The molecule has 1 aliphatic heterocycles. The van der Waals surface area contributed by atoms with Crippen molar-refractivity contribution in [3.63, 3.8) is 0 Å². The van der Waals surface area contributed by atoms with E-state index in [4.69, 9.17) is 0 Å². The molecule has 1 aromatic carbocycles. The summed E-state index contributed by atoms with van der Waals surface area (Å²) in [5.41, 5.74) is 0.679. The second-order valence-electron chi connectivity index (χ2n) is 7.93. The SMILES string of the molecule is CCC(=O)NCC(CC)C(=O)N1CCC2(c3cccc(OC(F)(F)F)c3)CC2C1. The maximum Gasteiger partial charge on any atom is 0.573 e. The van der Waals surface area contributed by atoms with Crippen LogP contribution in [0.15, 0.2) is 24.3 Å². The van der Waals surface area contributed by atoms with Crippen molar-refractivity contribution >= 4 is 11.8 Å². The van der Waals surface area contributed by atoms with Gasteiger partial charge in [-0.15, -0.1) is 13.2 Å². The summed E-state index contributed by atoms with van der Waals surface area (Å²) < 4.78 is 41.6. The number of rotatable bonds is 7. The number of halogens is 3. The van der Waals surface area contributed by atoms with Crippen molar-refractivity contribution in [1.29, 1.82) is 0 Å². The molecule has 2 amide bonds. The smallest absolute Gasteiger partial charge is 0.406 e. The van der Waals surface area contributed by atoms with E-state index in [1.54, 1.807) is 13.0 Å². The Balaban J connectivity index is 1.62. The first-order valence-electron chi connectivity index (χ1n) is 10.1. The number of fused-ring (bicyclic) bond motifs is 1. The van der Waals surface area contributed by atoms with E-state index in [9.17, 15) is 22.8 Å². The number of piperidine rings is 1. The molecule has 5 nitrogen and oxygen atoms in total. The Morgan fingerprint density at radius 1 is 1.34 bits per heavy atom. The quantitative estimate of drug-likeness (QED) is 0.744. The number of nitrogens with zero attached hydrogens (tertiary/aromatic N) is 1. The Kier molecular flexibility index (Phi) is 6.10. The van der Waals surface area contributed by atoms with Crippen LogP contribution in [0, 0.1) is 11.8 Å². The van der Waals surface area contributed by atoms with Crippen molar-refractivity contribution in [3.8, 4) is 5.75 Å². The van der Waals surface area contributed by atoms with Crippen LogP contribution in [-0.2, 0) is 15.0 Å². The zero-order chi connectivity index (χ0) is 21.2. The Labute approximate surface area is 168 Å². The number of amides is 2. The Morgan fingerprint density at radius 3 is 2.72 bits per heavy atom. The average molecular weight is 412 g/mol. The Hall–Kier alpha value is -2.25. The van der Waals surface area contributed by atoms with E-state index in [0.717, 1.165) is 18.4 Å². The highest BCUT2D eigenvalue weighted by molar-refractivity contribution is 5.81. The minimum atomic E-state index is -4.71. The molecule has 1 saturated carbocycles. The topological polar surface area (TPSA) is 58.6 Å². The first-order valence-corrected chi connectivity index (χ1v) is 10.1. The number of ether oxygens (including phenoxy) is 1. The van der Waals surface area contributed by atoms with E-state index >= 15 is 0 Å². The molecule has 3 rings (SSSR count). The first-order chi connectivity index (χ1) is 13.7. The standard InChI is InChI=1S/C21H27F3N2O3/c1-3-14(12-25-18(27)4-2)19(28)26-9-8-20(11-16(20)13-26)15-6-5-7-17(10-15)29-21(22,23)24/h5-7,10,14,16H,3-4,8-9,11-13H2,1-2H3,(H,25,27). The molecule has 1 aliphatic carbocycles. The van der Waals surface area contributed by atoms with Gasteiger partial charge in [0.2, 0.25) is 11.8 Å². The lowest BCUT2D eigenvalue weighted by atomic mass is 9.86. The Morgan fingerprint density at radius 2 is 2.10 bits per heavy atom. The van der Waals surface area contributed by atoms with Crippen molar-refractivity contribution in [3.05, 3.63) is 29.8 Å². The molecule has 2 fully saturated rings. The molecule has 1 heterocycles. The highest BCUT2D eigenvalue weighted by atomic mass is 19.4. The second-order valence-corrected chi connectivity index (χ2v) is 7.93. The summed E-state index contributed by atoms with van der Waals surface area (Å²) in [6.07, 6.45) is -2.11. The van der Waals surface area contributed by atoms with E-state index < -0.39 is 6.36 Å². The lowest BCUT2D eigenvalue weighted by Crippen LogP contribution is -2.46. The van der Waals surface area contributed by atoms with Gasteiger partial charge >= 0.3 is 6.36 Å². The van der Waals surface area contributed by atoms with Gasteiger partial charge in [-0.05, 0) is 42.9 Å². The van der Waals surface area contributed by atoms with Crippen LogP contribution in [-0.4, -0.2) is 42.7 Å². The molecule has 160 valence electrons. The van der Waals surface area contributed by atoms with Crippen molar-refractivity contribution < 1.29 is 27.5 Å². The molecule has 0 spiro atoms. The summed E-state index contributed by atoms with van der Waals surface area (Å²) in [5, 5.41) is 2.79. The fourth-order valence-electron chi connectivity index (χ4n) is 4.35. The molecule has 0 aromatic heterocycles. The van der Waals surface area contributed by atoms with Crippen LogP contribution >= 0.6 is 0 Å². The van der Waals surface area contributed by atoms with Crippen LogP contribution in [0.3, 0.4) is 0 Å². The van der Waals surface area contributed by atoms with E-state index in [1.807, 2.05) is 17.9 Å². The fourth-order valence-corrected chi connectivity index (χ4v) is 4.35. The number of hydrogen-bond donors (Lipinski definition) is 1. The van der Waals surface area contributed by atoms with Crippen LogP contribution in [0.25, 0.3) is 0 Å². The molecule has 29 heavy (non-hydrogen) atoms. The molecule has 8 heteroatoms. The van der Waals surface area contributed by atoms with Gasteiger partial charge in [-0.2, -0.15) is 0 Å². The number of nitrogens with one attached hydrogen (secondary N) is 1. The number of hydrogen-bond acceptors (Lipinski definition) is 3. The highest BCUT2D eigenvalue weighted by Gasteiger charge is 2.58. The number of likely N-dealkylation sites (tertiary alicyclic amines) is 1. The van der Waals surface area contributed by atoms with Crippen LogP contribution in [0.1, 0.15) is 45.1 Å². The highest BCUT2D eigenvalue weighted by Crippen LogP contribution is 2.59. The zero-order valence-electron chi connectivity index (χ0n) is 16.7. The second kappa shape index (κ2) is 8.24. The zero-order valence-corrected chi connectivity index (χ0v) is 16.7. The van der Waals surface area contributed by atoms with E-state index in [2.05, 4.69) is 10.1 Å². The third kappa shape index (κ3) is 4.85. The van der Waals surface area contributed by atoms with Gasteiger partial charge in [0.25, 0.3) is 0 Å². The molecule has 1 N–H and O–H groups in total. The summed E-state index contributed by atoms with van der Waals surface area (Å²) >= 11 is 0. The normalized spacial score (nSPS) is 24.4. The maximum absolute atomic E-state index is 12.9. The minimum absolute atomic E-state index is 0.0403. The number of benzene rings is 1. The van der Waals surface area contributed by atoms with Gasteiger partial charge < -0.3 is 15.0 Å². The summed E-state index contributed by atoms with van der Waals surface area (Å²) in [5.74, 6) is -0.244. The molecule has 2 aliphatic rings. The molecule has 0 radical (unpaired) electrons. The molecular formula is C21H27F3N2O3. The van der Waals surface area contributed by atoms with Gasteiger partial charge in [0.1, 0.15) is 5.75 Å². The van der Waals surface area contributed by atoms with Gasteiger partial charge in [0, 0.05) is 31.5 Å². The predicted octanol–water partition coefficient (Wildman–Crippen LogP) is 3.63. The van der Waals surface area contributed by atoms with Crippen molar-refractivity contribution in [2.45, 2.75) is 51.3 Å². The van der Waals surface area contributed by atoms with Crippen molar-refractivity contribution in [2.75, 3.05) is 19.6 Å². The van der Waals surface area contributed by atoms with E-state index in [1.165, 1.54) is 12.1 Å². The van der Waals surface area contributed by atoms with Crippen LogP contribution in [0.4, 0.5) is 13.2 Å². The molecule has 3 atom stereocenters. The molecule has 1 saturated heterocycles. The third-order valence-corrected chi connectivity index (χ3v) is 6.16. The fraction of sp³-hybridized carbons (Fsp3) is 0.619. The van der Waals surface area contributed by atoms with E-state index in [-0.39, 0.29) is 34.8 Å². The van der Waals surface area contributed by atoms with Gasteiger partial charge in [-0.3, -0.25) is 9.59 Å². The maximum atomic E-state index is 12.9. The van der Waals surface area contributed by atoms with Gasteiger partial charge in [0.15, 0.2) is 0 Å². The van der Waals surface area contributed by atoms with Crippen LogP contribution in [0.2, 0.25) is 0 Å².